The summed E-state index contributed by atoms with van der Waals surface area (Å²) in [6.07, 6.45) is 1.13. The van der Waals surface area contributed by atoms with Crippen molar-refractivity contribution >= 4 is 15.8 Å². The fourth-order valence-corrected chi connectivity index (χ4v) is 1.88. The highest BCUT2D eigenvalue weighted by Crippen LogP contribution is 2.16. The van der Waals surface area contributed by atoms with Crippen molar-refractivity contribution in [2.45, 2.75) is 11.8 Å². The normalized spacial score (nSPS) is 10.8. The topological polar surface area (TPSA) is 69.7 Å². The van der Waals surface area contributed by atoms with Gasteiger partial charge in [-0.3, -0.25) is 0 Å². The Hall–Kier alpha value is -1.82. The molecule has 0 unspecified atom stereocenters. The molecule has 0 saturated carbocycles. The Balaban J connectivity index is 2.60. The highest BCUT2D eigenvalue weighted by molar-refractivity contribution is 7.90. The van der Waals surface area contributed by atoms with Crippen molar-refractivity contribution in [1.29, 1.82) is 0 Å². The summed E-state index contributed by atoms with van der Waals surface area (Å²) in [6.45, 7) is 5.53. The quantitative estimate of drug-likeness (QED) is 0.586. The number of carbonyl (C=O) groups is 1. The van der Waals surface area contributed by atoms with Gasteiger partial charge in [-0.25, -0.2) is 13.2 Å². The van der Waals surface area contributed by atoms with Crippen molar-refractivity contribution in [3.8, 4) is 5.75 Å². The van der Waals surface area contributed by atoms with E-state index in [1.165, 1.54) is 24.3 Å². The van der Waals surface area contributed by atoms with Crippen LogP contribution in [0.1, 0.15) is 6.92 Å². The van der Waals surface area contributed by atoms with Gasteiger partial charge in [0.2, 0.25) is 0 Å². The number of hydrogen-bond donors (Lipinski definition) is 0. The second-order valence-corrected chi connectivity index (χ2v) is 5.87. The molecule has 1 aromatic carbocycles. The van der Waals surface area contributed by atoms with Gasteiger partial charge in [0.25, 0.3) is 0 Å². The van der Waals surface area contributed by atoms with Crippen LogP contribution in [0.5, 0.6) is 5.75 Å². The smallest absolute Gasteiger partial charge is 0.336 e. The monoisotopic (exact) mass is 284 g/mol. The molecule has 0 aromatic heterocycles. The van der Waals surface area contributed by atoms with Gasteiger partial charge in [0.05, 0.1) is 17.1 Å². The lowest BCUT2D eigenvalue weighted by Crippen LogP contribution is -2.13. The van der Waals surface area contributed by atoms with Crippen LogP contribution in [0.15, 0.2) is 41.3 Å². The molecule has 0 N–H and O–H groups in total. The summed E-state index contributed by atoms with van der Waals surface area (Å²) in [4.78, 5) is 11.5. The lowest BCUT2D eigenvalue weighted by Gasteiger charge is -2.08. The van der Waals surface area contributed by atoms with E-state index in [2.05, 4.69) is 6.58 Å². The van der Waals surface area contributed by atoms with Gasteiger partial charge in [-0.05, 0) is 31.2 Å². The van der Waals surface area contributed by atoms with E-state index in [-0.39, 0.29) is 23.7 Å². The molecule has 0 heterocycles. The number of sulfone groups is 1. The molecule has 104 valence electrons. The molecule has 0 aliphatic carbocycles. The van der Waals surface area contributed by atoms with Gasteiger partial charge in [-0.15, -0.1) is 0 Å². The predicted octanol–water partition coefficient (Wildman–Crippen LogP) is 1.59. The zero-order valence-electron chi connectivity index (χ0n) is 10.9. The molecule has 0 radical (unpaired) electrons. The van der Waals surface area contributed by atoms with E-state index in [1.54, 1.807) is 6.92 Å². The minimum atomic E-state index is -3.22. The third kappa shape index (κ3) is 4.75. The Bertz CT molecular complexity index is 557. The zero-order chi connectivity index (χ0) is 14.5. The molecule has 0 bridgehead atoms. The molecule has 0 aliphatic heterocycles. The minimum Gasteiger partial charge on any atom is -0.489 e. The fraction of sp³-hybridized carbons (Fsp3) is 0.308. The van der Waals surface area contributed by atoms with Crippen LogP contribution in [0, 0.1) is 0 Å². The van der Waals surface area contributed by atoms with Crippen LogP contribution in [0.3, 0.4) is 0 Å². The molecule has 0 spiro atoms. The first-order chi connectivity index (χ1) is 8.84. The van der Waals surface area contributed by atoms with Crippen LogP contribution in [0.2, 0.25) is 0 Å². The van der Waals surface area contributed by atoms with Gasteiger partial charge in [-0.2, -0.15) is 0 Å². The van der Waals surface area contributed by atoms with E-state index in [1.807, 2.05) is 0 Å². The lowest BCUT2D eigenvalue weighted by atomic mass is 10.3. The Morgan fingerprint density at radius 1 is 1.26 bits per heavy atom. The van der Waals surface area contributed by atoms with Crippen molar-refractivity contribution in [2.75, 3.05) is 19.5 Å². The summed E-state index contributed by atoms with van der Waals surface area (Å²) in [5.74, 6) is -0.0481. The maximum absolute atomic E-state index is 11.3. The highest BCUT2D eigenvalue weighted by atomic mass is 32.2. The number of ether oxygens (including phenoxy) is 2. The van der Waals surface area contributed by atoms with Gasteiger partial charge >= 0.3 is 5.97 Å². The maximum Gasteiger partial charge on any atom is 0.336 e. The average Bonchev–Trinajstić information content (AvgIpc) is 2.35. The minimum absolute atomic E-state index is 0.00292. The third-order valence-electron chi connectivity index (χ3n) is 2.23. The summed E-state index contributed by atoms with van der Waals surface area (Å²) >= 11 is 0. The first-order valence-electron chi connectivity index (χ1n) is 5.62. The van der Waals surface area contributed by atoms with Crippen LogP contribution in [0.25, 0.3) is 0 Å². The van der Waals surface area contributed by atoms with Gasteiger partial charge in [0.15, 0.2) is 9.84 Å². The van der Waals surface area contributed by atoms with Crippen molar-refractivity contribution in [3.05, 3.63) is 36.4 Å². The first kappa shape index (κ1) is 15.2. The standard InChI is InChI=1S/C13H16O5S/c1-4-17-13(14)10(2)9-18-11-5-7-12(8-6-11)19(3,15)16/h5-8H,2,4,9H2,1,3H3. The van der Waals surface area contributed by atoms with Crippen LogP contribution in [-0.4, -0.2) is 33.9 Å². The number of rotatable bonds is 6. The number of esters is 1. The molecular weight excluding hydrogens is 268 g/mol. The van der Waals surface area contributed by atoms with E-state index in [4.69, 9.17) is 9.47 Å². The molecule has 0 fully saturated rings. The van der Waals surface area contributed by atoms with Crippen LogP contribution in [-0.2, 0) is 19.4 Å². The summed E-state index contributed by atoms with van der Waals surface area (Å²) < 4.78 is 32.6. The average molecular weight is 284 g/mol. The SMILES string of the molecule is C=C(COc1ccc(S(C)(=O)=O)cc1)C(=O)OCC. The molecule has 19 heavy (non-hydrogen) atoms. The Morgan fingerprint density at radius 3 is 2.32 bits per heavy atom. The molecule has 1 aromatic rings. The van der Waals surface area contributed by atoms with Gasteiger partial charge in [0.1, 0.15) is 12.4 Å². The van der Waals surface area contributed by atoms with Crippen LogP contribution in [0.4, 0.5) is 0 Å². The second kappa shape index (κ2) is 6.38. The van der Waals surface area contributed by atoms with Gasteiger partial charge < -0.3 is 9.47 Å². The molecular formula is C13H16O5S. The molecule has 0 amide bonds. The zero-order valence-corrected chi connectivity index (χ0v) is 11.7. The molecule has 0 atom stereocenters. The summed E-state index contributed by atoms with van der Waals surface area (Å²) in [5.41, 5.74) is 0.203. The van der Waals surface area contributed by atoms with Crippen LogP contribution >= 0.6 is 0 Å². The highest BCUT2D eigenvalue weighted by Gasteiger charge is 2.09. The van der Waals surface area contributed by atoms with Gasteiger partial charge in [0, 0.05) is 6.26 Å². The maximum atomic E-state index is 11.3. The molecule has 0 aliphatic rings. The summed E-state index contributed by atoms with van der Waals surface area (Å²) in [7, 11) is -3.22. The van der Waals surface area contributed by atoms with E-state index in [0.29, 0.717) is 5.75 Å². The first-order valence-corrected chi connectivity index (χ1v) is 7.51. The number of hydrogen-bond acceptors (Lipinski definition) is 5. The Kier molecular flexibility index (Phi) is 5.11. The summed E-state index contributed by atoms with van der Waals surface area (Å²) in [5, 5.41) is 0. The van der Waals surface area contributed by atoms with E-state index in [9.17, 15) is 13.2 Å². The molecule has 6 heteroatoms. The van der Waals surface area contributed by atoms with E-state index < -0.39 is 15.8 Å². The molecule has 5 nitrogen and oxygen atoms in total. The van der Waals surface area contributed by atoms with Crippen molar-refractivity contribution in [3.63, 3.8) is 0 Å². The van der Waals surface area contributed by atoms with E-state index >= 15 is 0 Å². The molecule has 1 rings (SSSR count). The Labute approximate surface area is 112 Å². The van der Waals surface area contributed by atoms with Crippen molar-refractivity contribution in [1.82, 2.24) is 0 Å². The van der Waals surface area contributed by atoms with Crippen molar-refractivity contribution < 1.29 is 22.7 Å². The largest absolute Gasteiger partial charge is 0.489 e. The third-order valence-corrected chi connectivity index (χ3v) is 3.36. The van der Waals surface area contributed by atoms with Gasteiger partial charge in [-0.1, -0.05) is 6.58 Å². The van der Waals surface area contributed by atoms with Crippen LogP contribution < -0.4 is 4.74 Å². The Morgan fingerprint density at radius 2 is 1.84 bits per heavy atom. The molecule has 0 saturated heterocycles. The second-order valence-electron chi connectivity index (χ2n) is 3.86. The van der Waals surface area contributed by atoms with E-state index in [0.717, 1.165) is 6.26 Å². The van der Waals surface area contributed by atoms with Crippen molar-refractivity contribution in [2.24, 2.45) is 0 Å². The number of carbonyl (C=O) groups excluding carboxylic acids is 1. The predicted molar refractivity (Wildman–Crippen MR) is 70.8 cm³/mol. The summed E-state index contributed by atoms with van der Waals surface area (Å²) in [6, 6.07) is 5.93. The number of benzene rings is 1. The fourth-order valence-electron chi connectivity index (χ4n) is 1.25. The lowest BCUT2D eigenvalue weighted by molar-refractivity contribution is -0.138.